The zero-order valence-electron chi connectivity index (χ0n) is 9.96. The first-order chi connectivity index (χ1) is 8.56. The van der Waals surface area contributed by atoms with Crippen molar-refractivity contribution < 1.29 is 4.39 Å². The van der Waals surface area contributed by atoms with Gasteiger partial charge in [0.05, 0.1) is 28.6 Å². The van der Waals surface area contributed by atoms with Crippen LogP contribution in [0, 0.1) is 0 Å². The van der Waals surface area contributed by atoms with Crippen molar-refractivity contribution in [1.29, 1.82) is 0 Å². The fraction of sp³-hybridized carbons (Fsp3) is 0.167. The normalized spacial score (nSPS) is 13.1. The Morgan fingerprint density at radius 3 is 3.00 bits per heavy atom. The van der Waals surface area contributed by atoms with E-state index in [1.165, 1.54) is 6.92 Å². The van der Waals surface area contributed by atoms with Crippen molar-refractivity contribution in [1.82, 2.24) is 10.2 Å². The molecule has 2 N–H and O–H groups in total. The summed E-state index contributed by atoms with van der Waals surface area (Å²) in [6, 6.07) is 3.63. The summed E-state index contributed by atoms with van der Waals surface area (Å²) in [4.78, 5) is 3.91. The van der Waals surface area contributed by atoms with Gasteiger partial charge in [-0.1, -0.05) is 11.6 Å². The Balaban J connectivity index is 2.28. The lowest BCUT2D eigenvalue weighted by Crippen LogP contribution is -2.06. The SMILES string of the molecule is CC(=N/C=C(\C)F)Nc1cc2cn[nH]c2cc1Cl. The molecule has 0 aliphatic rings. The van der Waals surface area contributed by atoms with Gasteiger partial charge in [0.1, 0.15) is 11.7 Å². The number of anilines is 1. The summed E-state index contributed by atoms with van der Waals surface area (Å²) in [6.07, 6.45) is 2.85. The molecule has 0 amide bonds. The largest absolute Gasteiger partial charge is 0.343 e. The Labute approximate surface area is 109 Å². The molecule has 1 heterocycles. The van der Waals surface area contributed by atoms with E-state index >= 15 is 0 Å². The van der Waals surface area contributed by atoms with Gasteiger partial charge < -0.3 is 5.32 Å². The van der Waals surface area contributed by atoms with Crippen LogP contribution in [-0.2, 0) is 0 Å². The average Bonchev–Trinajstić information content (AvgIpc) is 2.74. The number of aliphatic imine (C=N–C) groups is 1. The molecule has 6 heteroatoms. The fourth-order valence-corrected chi connectivity index (χ4v) is 1.68. The first-order valence-corrected chi connectivity index (χ1v) is 5.70. The van der Waals surface area contributed by atoms with Crippen LogP contribution in [0.3, 0.4) is 0 Å². The van der Waals surface area contributed by atoms with Crippen molar-refractivity contribution in [3.05, 3.63) is 35.4 Å². The quantitative estimate of drug-likeness (QED) is 0.640. The van der Waals surface area contributed by atoms with Crippen LogP contribution in [0.25, 0.3) is 10.9 Å². The maximum absolute atomic E-state index is 12.5. The molecule has 2 rings (SSSR count). The number of nitrogens with one attached hydrogen (secondary N) is 2. The Kier molecular flexibility index (Phi) is 3.62. The molecule has 0 fully saturated rings. The minimum Gasteiger partial charge on any atom is -0.343 e. The Bertz CT molecular complexity index is 626. The number of aromatic amines is 1. The molecule has 94 valence electrons. The minimum atomic E-state index is -0.354. The van der Waals surface area contributed by atoms with Gasteiger partial charge in [-0.25, -0.2) is 9.38 Å². The molecular formula is C12H12ClFN4. The first-order valence-electron chi connectivity index (χ1n) is 5.32. The first kappa shape index (κ1) is 12.6. The van der Waals surface area contributed by atoms with Crippen LogP contribution in [0.15, 0.2) is 35.3 Å². The number of H-pyrrole nitrogens is 1. The van der Waals surface area contributed by atoms with E-state index in [2.05, 4.69) is 20.5 Å². The molecule has 0 atom stereocenters. The number of fused-ring (bicyclic) bond motifs is 1. The zero-order valence-corrected chi connectivity index (χ0v) is 10.7. The molecular weight excluding hydrogens is 255 g/mol. The molecule has 0 spiro atoms. The Morgan fingerprint density at radius 1 is 1.50 bits per heavy atom. The monoisotopic (exact) mass is 266 g/mol. The molecule has 4 nitrogen and oxygen atoms in total. The van der Waals surface area contributed by atoms with E-state index in [1.54, 1.807) is 19.2 Å². The highest BCUT2D eigenvalue weighted by Gasteiger charge is 2.04. The molecule has 0 radical (unpaired) electrons. The van der Waals surface area contributed by atoms with Gasteiger partial charge in [0.15, 0.2) is 0 Å². The summed E-state index contributed by atoms with van der Waals surface area (Å²) in [5.41, 5.74) is 1.57. The molecule has 0 saturated heterocycles. The lowest BCUT2D eigenvalue weighted by atomic mass is 10.2. The average molecular weight is 267 g/mol. The summed E-state index contributed by atoms with van der Waals surface area (Å²) in [5, 5.41) is 11.2. The topological polar surface area (TPSA) is 53.1 Å². The van der Waals surface area contributed by atoms with Crippen LogP contribution >= 0.6 is 11.6 Å². The summed E-state index contributed by atoms with van der Waals surface area (Å²) in [6.45, 7) is 3.07. The zero-order chi connectivity index (χ0) is 13.1. The number of hydrogen-bond donors (Lipinski definition) is 2. The van der Waals surface area contributed by atoms with E-state index < -0.39 is 0 Å². The van der Waals surface area contributed by atoms with Crippen molar-refractivity contribution >= 4 is 34.0 Å². The predicted molar refractivity (Wildman–Crippen MR) is 72.7 cm³/mol. The number of benzene rings is 1. The molecule has 18 heavy (non-hydrogen) atoms. The molecule has 0 aliphatic heterocycles. The maximum Gasteiger partial charge on any atom is 0.115 e. The number of allylic oxidation sites excluding steroid dienone is 1. The highest BCUT2D eigenvalue weighted by atomic mass is 35.5. The van der Waals surface area contributed by atoms with Gasteiger partial charge in [-0.3, -0.25) is 5.10 Å². The molecule has 1 aromatic carbocycles. The number of rotatable bonds is 2. The summed E-state index contributed by atoms with van der Waals surface area (Å²) in [7, 11) is 0. The van der Waals surface area contributed by atoms with Crippen LogP contribution in [0.2, 0.25) is 5.02 Å². The number of halogens is 2. The molecule has 0 unspecified atom stereocenters. The number of aromatic nitrogens is 2. The van der Waals surface area contributed by atoms with E-state index in [1.807, 2.05) is 6.07 Å². The lowest BCUT2D eigenvalue weighted by molar-refractivity contribution is 0.637. The Morgan fingerprint density at radius 2 is 2.28 bits per heavy atom. The smallest absolute Gasteiger partial charge is 0.115 e. The standard InChI is InChI=1S/C12H12ClFN4/c1-7(14)5-15-8(2)17-12-3-9-6-16-18-11(9)4-10(12)13/h3-6H,1-2H3,(H,15,17)(H,16,18)/b7-5+. The number of amidine groups is 1. The van der Waals surface area contributed by atoms with Gasteiger partial charge in [0.25, 0.3) is 0 Å². The third-order valence-corrected chi connectivity index (χ3v) is 2.59. The van der Waals surface area contributed by atoms with Crippen molar-refractivity contribution in [2.24, 2.45) is 4.99 Å². The summed E-state index contributed by atoms with van der Waals surface area (Å²) in [5.74, 6) is 0.198. The van der Waals surface area contributed by atoms with Crippen LogP contribution in [-0.4, -0.2) is 16.0 Å². The van der Waals surface area contributed by atoms with Crippen molar-refractivity contribution in [3.8, 4) is 0 Å². The third-order valence-electron chi connectivity index (χ3n) is 2.28. The summed E-state index contributed by atoms with van der Waals surface area (Å²) < 4.78 is 12.5. The van der Waals surface area contributed by atoms with Crippen LogP contribution in [0.4, 0.5) is 10.1 Å². The highest BCUT2D eigenvalue weighted by Crippen LogP contribution is 2.26. The summed E-state index contributed by atoms with van der Waals surface area (Å²) >= 11 is 6.11. The van der Waals surface area contributed by atoms with Gasteiger partial charge in [0.2, 0.25) is 0 Å². The van der Waals surface area contributed by atoms with Gasteiger partial charge in [-0.15, -0.1) is 0 Å². The lowest BCUT2D eigenvalue weighted by Gasteiger charge is -2.07. The van der Waals surface area contributed by atoms with Crippen LogP contribution in [0.1, 0.15) is 13.8 Å². The van der Waals surface area contributed by atoms with E-state index in [0.29, 0.717) is 16.5 Å². The van der Waals surface area contributed by atoms with Gasteiger partial charge in [0, 0.05) is 5.39 Å². The van der Waals surface area contributed by atoms with Crippen molar-refractivity contribution in [2.45, 2.75) is 13.8 Å². The van der Waals surface area contributed by atoms with E-state index in [9.17, 15) is 4.39 Å². The van der Waals surface area contributed by atoms with Crippen LogP contribution < -0.4 is 5.32 Å². The van der Waals surface area contributed by atoms with Gasteiger partial charge in [-0.05, 0) is 26.0 Å². The second-order valence-corrected chi connectivity index (χ2v) is 4.25. The molecule has 2 aromatic rings. The maximum atomic E-state index is 12.5. The Hall–Kier alpha value is -1.88. The van der Waals surface area contributed by atoms with Crippen molar-refractivity contribution in [2.75, 3.05) is 5.32 Å². The van der Waals surface area contributed by atoms with Crippen molar-refractivity contribution in [3.63, 3.8) is 0 Å². The van der Waals surface area contributed by atoms with E-state index in [0.717, 1.165) is 17.1 Å². The van der Waals surface area contributed by atoms with Gasteiger partial charge in [-0.2, -0.15) is 5.10 Å². The highest BCUT2D eigenvalue weighted by molar-refractivity contribution is 6.34. The van der Waals surface area contributed by atoms with Crippen LogP contribution in [0.5, 0.6) is 0 Å². The van der Waals surface area contributed by atoms with E-state index in [-0.39, 0.29) is 5.83 Å². The molecule has 0 bridgehead atoms. The molecule has 0 saturated carbocycles. The molecule has 1 aromatic heterocycles. The fourth-order valence-electron chi connectivity index (χ4n) is 1.47. The second-order valence-electron chi connectivity index (χ2n) is 3.84. The number of hydrogen-bond acceptors (Lipinski definition) is 2. The third kappa shape index (κ3) is 2.87. The second kappa shape index (κ2) is 5.18. The number of nitrogens with zero attached hydrogens (tertiary/aromatic N) is 2. The molecule has 0 aliphatic carbocycles. The predicted octanol–water partition coefficient (Wildman–Crippen LogP) is 3.88. The minimum absolute atomic E-state index is 0.354. The van der Waals surface area contributed by atoms with E-state index in [4.69, 9.17) is 11.6 Å². The van der Waals surface area contributed by atoms with Gasteiger partial charge >= 0.3 is 0 Å².